The molecular weight excluding hydrogens is 276 g/mol. The van der Waals surface area contributed by atoms with Crippen LogP contribution in [0, 0.1) is 18.8 Å². The Kier molecular flexibility index (Phi) is 5.22. The lowest BCUT2D eigenvalue weighted by molar-refractivity contribution is -0.114. The van der Waals surface area contributed by atoms with E-state index in [0.29, 0.717) is 23.1 Å². The summed E-state index contributed by atoms with van der Waals surface area (Å²) in [4.78, 5) is 23.7. The molecular formula is C18H26N2O2. The Hall–Kier alpha value is -1.84. The van der Waals surface area contributed by atoms with E-state index in [2.05, 4.69) is 24.5 Å². The number of carbonyl (C=O) groups is 2. The number of anilines is 1. The lowest BCUT2D eigenvalue weighted by Crippen LogP contribution is -2.42. The van der Waals surface area contributed by atoms with Crippen LogP contribution in [0.15, 0.2) is 18.2 Å². The van der Waals surface area contributed by atoms with Crippen molar-refractivity contribution in [3.63, 3.8) is 0 Å². The zero-order chi connectivity index (χ0) is 16.3. The van der Waals surface area contributed by atoms with Crippen LogP contribution in [0.4, 0.5) is 5.69 Å². The maximum atomic E-state index is 12.5. The minimum absolute atomic E-state index is 0.0578. The normalized spacial score (nSPS) is 24.6. The Morgan fingerprint density at radius 2 is 1.91 bits per heavy atom. The maximum Gasteiger partial charge on any atom is 0.251 e. The van der Waals surface area contributed by atoms with E-state index in [0.717, 1.165) is 18.4 Å². The largest absolute Gasteiger partial charge is 0.349 e. The number of rotatable bonds is 3. The predicted octanol–water partition coefficient (Wildman–Crippen LogP) is 3.51. The highest BCUT2D eigenvalue weighted by molar-refractivity contribution is 5.97. The Morgan fingerprint density at radius 1 is 1.18 bits per heavy atom. The number of carbonyl (C=O) groups excluding carboxylic acids is 2. The molecule has 0 aliphatic heterocycles. The van der Waals surface area contributed by atoms with E-state index in [1.807, 2.05) is 19.1 Å². The molecule has 0 heterocycles. The summed E-state index contributed by atoms with van der Waals surface area (Å²) in [5.41, 5.74) is 2.25. The molecule has 3 atom stereocenters. The molecule has 0 spiro atoms. The van der Waals surface area contributed by atoms with Gasteiger partial charge in [-0.2, -0.15) is 0 Å². The molecule has 1 aliphatic rings. The molecule has 1 aliphatic carbocycles. The Bertz CT molecular complexity index is 568. The van der Waals surface area contributed by atoms with Gasteiger partial charge < -0.3 is 10.6 Å². The van der Waals surface area contributed by atoms with Gasteiger partial charge in [-0.25, -0.2) is 0 Å². The molecule has 22 heavy (non-hydrogen) atoms. The average molecular weight is 302 g/mol. The molecule has 1 aromatic rings. The summed E-state index contributed by atoms with van der Waals surface area (Å²) in [5.74, 6) is 0.989. The molecule has 1 saturated carbocycles. The van der Waals surface area contributed by atoms with E-state index in [-0.39, 0.29) is 17.9 Å². The van der Waals surface area contributed by atoms with Crippen LogP contribution in [0.2, 0.25) is 0 Å². The first-order valence-corrected chi connectivity index (χ1v) is 8.06. The van der Waals surface area contributed by atoms with Crippen LogP contribution in [-0.4, -0.2) is 17.9 Å². The summed E-state index contributed by atoms with van der Waals surface area (Å²) < 4.78 is 0. The van der Waals surface area contributed by atoms with Gasteiger partial charge in [0.2, 0.25) is 5.91 Å². The second kappa shape index (κ2) is 6.95. The van der Waals surface area contributed by atoms with Crippen LogP contribution in [0.3, 0.4) is 0 Å². The van der Waals surface area contributed by atoms with Crippen molar-refractivity contribution >= 4 is 17.5 Å². The van der Waals surface area contributed by atoms with E-state index in [1.165, 1.54) is 13.3 Å². The zero-order valence-corrected chi connectivity index (χ0v) is 13.9. The maximum absolute atomic E-state index is 12.5. The third-order valence-corrected chi connectivity index (χ3v) is 4.58. The molecule has 0 radical (unpaired) electrons. The average Bonchev–Trinajstić information content (AvgIpc) is 2.44. The fourth-order valence-corrected chi connectivity index (χ4v) is 3.07. The number of hydrogen-bond acceptors (Lipinski definition) is 2. The summed E-state index contributed by atoms with van der Waals surface area (Å²) in [7, 11) is 0. The van der Waals surface area contributed by atoms with Crippen LogP contribution in [-0.2, 0) is 4.79 Å². The van der Waals surface area contributed by atoms with Gasteiger partial charge >= 0.3 is 0 Å². The van der Waals surface area contributed by atoms with E-state index >= 15 is 0 Å². The predicted molar refractivity (Wildman–Crippen MR) is 88.9 cm³/mol. The van der Waals surface area contributed by atoms with Crippen molar-refractivity contribution in [3.8, 4) is 0 Å². The molecule has 0 aromatic heterocycles. The van der Waals surface area contributed by atoms with Gasteiger partial charge in [-0.3, -0.25) is 9.59 Å². The molecule has 1 fully saturated rings. The van der Waals surface area contributed by atoms with Crippen LogP contribution in [0.1, 0.15) is 56.0 Å². The molecule has 2 N–H and O–H groups in total. The minimum atomic E-state index is -0.129. The van der Waals surface area contributed by atoms with Crippen LogP contribution < -0.4 is 10.6 Å². The molecule has 4 heteroatoms. The van der Waals surface area contributed by atoms with E-state index in [1.54, 1.807) is 6.07 Å². The standard InChI is InChI=1S/C18H26N2O2/c1-11-5-6-12(2)16(9-11)20-18(22)15-8-7-13(3)17(10-15)19-14(4)21/h7-8,10-12,16H,5-6,9H2,1-4H3,(H,19,21)(H,20,22)/t11-,12+,16-/m1/s1. The SMILES string of the molecule is CC(=O)Nc1cc(C(=O)N[C@@H]2C[C@H](C)CC[C@@H]2C)ccc1C. The molecule has 120 valence electrons. The molecule has 4 nitrogen and oxygen atoms in total. The first kappa shape index (κ1) is 16.5. The van der Waals surface area contributed by atoms with Crippen molar-refractivity contribution in [3.05, 3.63) is 29.3 Å². The number of amides is 2. The quantitative estimate of drug-likeness (QED) is 0.897. The van der Waals surface area contributed by atoms with Crippen LogP contribution in [0.25, 0.3) is 0 Å². The second-order valence-electron chi connectivity index (χ2n) is 6.69. The van der Waals surface area contributed by atoms with Crippen molar-refractivity contribution < 1.29 is 9.59 Å². The van der Waals surface area contributed by atoms with Gasteiger partial charge in [-0.1, -0.05) is 26.3 Å². The molecule has 0 unspecified atom stereocenters. The Morgan fingerprint density at radius 3 is 2.59 bits per heavy atom. The van der Waals surface area contributed by atoms with Crippen LogP contribution in [0.5, 0.6) is 0 Å². The minimum Gasteiger partial charge on any atom is -0.349 e. The van der Waals surface area contributed by atoms with Gasteiger partial charge in [-0.05, 0) is 49.3 Å². The van der Waals surface area contributed by atoms with E-state index in [9.17, 15) is 9.59 Å². The number of aryl methyl sites for hydroxylation is 1. The summed E-state index contributed by atoms with van der Waals surface area (Å²) in [6.45, 7) is 7.83. The number of hydrogen-bond donors (Lipinski definition) is 2. The Labute approximate surface area is 132 Å². The van der Waals surface area contributed by atoms with Crippen molar-refractivity contribution in [2.45, 2.75) is 53.0 Å². The molecule has 0 saturated heterocycles. The molecule has 2 amide bonds. The first-order valence-electron chi connectivity index (χ1n) is 8.06. The zero-order valence-electron chi connectivity index (χ0n) is 13.9. The molecule has 1 aromatic carbocycles. The van der Waals surface area contributed by atoms with Crippen LogP contribution >= 0.6 is 0 Å². The van der Waals surface area contributed by atoms with Gasteiger partial charge in [0.1, 0.15) is 0 Å². The van der Waals surface area contributed by atoms with E-state index in [4.69, 9.17) is 0 Å². The third kappa shape index (κ3) is 4.09. The lowest BCUT2D eigenvalue weighted by Gasteiger charge is -2.33. The van der Waals surface area contributed by atoms with Gasteiger partial charge in [0, 0.05) is 24.2 Å². The summed E-state index contributed by atoms with van der Waals surface area (Å²) in [6.07, 6.45) is 3.44. The van der Waals surface area contributed by atoms with Gasteiger partial charge in [0.15, 0.2) is 0 Å². The highest BCUT2D eigenvalue weighted by Crippen LogP contribution is 2.28. The van der Waals surface area contributed by atoms with Crippen molar-refractivity contribution in [1.82, 2.24) is 5.32 Å². The summed E-state index contributed by atoms with van der Waals surface area (Å²) in [6, 6.07) is 5.67. The molecule has 2 rings (SSSR count). The molecule has 0 bridgehead atoms. The monoisotopic (exact) mass is 302 g/mol. The van der Waals surface area contributed by atoms with Gasteiger partial charge in [0.05, 0.1) is 0 Å². The fourth-order valence-electron chi connectivity index (χ4n) is 3.07. The third-order valence-electron chi connectivity index (χ3n) is 4.58. The van der Waals surface area contributed by atoms with Crippen molar-refractivity contribution in [1.29, 1.82) is 0 Å². The first-order chi connectivity index (χ1) is 10.4. The highest BCUT2D eigenvalue weighted by Gasteiger charge is 2.27. The lowest BCUT2D eigenvalue weighted by atomic mass is 9.80. The van der Waals surface area contributed by atoms with Crippen molar-refractivity contribution in [2.75, 3.05) is 5.32 Å². The topological polar surface area (TPSA) is 58.2 Å². The smallest absolute Gasteiger partial charge is 0.251 e. The Balaban J connectivity index is 2.10. The summed E-state index contributed by atoms with van der Waals surface area (Å²) in [5, 5.41) is 5.93. The number of nitrogens with one attached hydrogen (secondary N) is 2. The highest BCUT2D eigenvalue weighted by atomic mass is 16.2. The van der Waals surface area contributed by atoms with E-state index < -0.39 is 0 Å². The van der Waals surface area contributed by atoms with Crippen molar-refractivity contribution in [2.24, 2.45) is 11.8 Å². The summed E-state index contributed by atoms with van der Waals surface area (Å²) >= 11 is 0. The fraction of sp³-hybridized carbons (Fsp3) is 0.556. The second-order valence-corrected chi connectivity index (χ2v) is 6.69. The van der Waals surface area contributed by atoms with Gasteiger partial charge in [-0.15, -0.1) is 0 Å². The van der Waals surface area contributed by atoms with Gasteiger partial charge in [0.25, 0.3) is 5.91 Å². The number of benzene rings is 1.